The van der Waals surface area contributed by atoms with E-state index in [9.17, 15) is 50.7 Å². The summed E-state index contributed by atoms with van der Waals surface area (Å²) in [4.78, 5) is 95.9. The second kappa shape index (κ2) is 51.0. The van der Waals surface area contributed by atoms with E-state index in [1.165, 1.54) is 47.8 Å². The molecular weight excluding hydrogens is 1670 g/mol. The molecule has 2 saturated heterocycles. The molecule has 4 aliphatic rings. The monoisotopic (exact) mass is 1740 g/mol. The van der Waals surface area contributed by atoms with E-state index in [1.54, 1.807) is 26.5 Å². The molecule has 0 bridgehead atoms. The minimum absolute atomic E-state index is 0.00860. The zero-order chi connectivity index (χ0) is 93.5. The molecule has 24 heteroatoms. The van der Waals surface area contributed by atoms with E-state index in [2.05, 4.69) is 202 Å². The number of benzene rings is 8. The molecule has 8 aromatic carbocycles. The summed E-state index contributed by atoms with van der Waals surface area (Å²) in [6, 6.07) is 62.7. The standard InChI is InChI=1S/C36H35N5O5S.C33H28N4O4.C33H4.C2H8N2O2S.C2H2/c1-37(2)47(45,46)26-34(42)33-25-38(35(43)40(29-15-5-3-6-16-29)30-17-7-4-8-18-30)23-24-39(33)36(44)41-31-19-11-9-13-27(31)21-22-28-14-10-12-20-32(28)41;38-31(39)30-23-34(32(40)36(26-13-3-1-4-14-26)27-15-5-2-6-16-27)21-22-35(30)33(41)37-28-17-9-7-11-24(28)19-20-25-12-8-10-18-29(25)37;1-3-5-7-9-11-13-15-17-19-21-23-25-27-29-31-33-32-30-28-26-24-22-20-18-16-14-12-10-8-6-4-2;1-4(2)7(3,5)6;1-2/h3-22,33H,23-26H2,1-2H3;1-20,30H,21-23H2,(H,38,39);1H,2H3;1-2H3,(H2,3,5,6);1-2H/t33-;30-;;;/m00.../s1. The van der Waals surface area contributed by atoms with Crippen molar-refractivity contribution in [2.75, 3.05) is 92.8 Å². The van der Waals surface area contributed by atoms with Crippen molar-refractivity contribution in [3.63, 3.8) is 0 Å². The first-order chi connectivity index (χ1) is 63.0. The van der Waals surface area contributed by atoms with Crippen LogP contribution in [0, 0.1) is 203 Å². The molecule has 634 valence electrons. The average Bonchev–Trinajstić information content (AvgIpc) is 0.950. The van der Waals surface area contributed by atoms with Crippen LogP contribution in [0.5, 0.6) is 0 Å². The van der Waals surface area contributed by atoms with Crippen LogP contribution >= 0.6 is 0 Å². The maximum Gasteiger partial charge on any atom is 0.330 e. The summed E-state index contributed by atoms with van der Waals surface area (Å²) < 4.78 is 47.8. The number of carboxylic acids is 1. The molecule has 0 saturated carbocycles. The molecule has 12 rings (SSSR count). The third-order valence-electron chi connectivity index (χ3n) is 18.2. The van der Waals surface area contributed by atoms with Gasteiger partial charge in [-0.25, -0.2) is 41.8 Å². The third kappa shape index (κ3) is 28.7. The van der Waals surface area contributed by atoms with Gasteiger partial charge in [-0.3, -0.25) is 24.4 Å². The number of hydrogen-bond acceptors (Lipinski definition) is 10. The lowest BCUT2D eigenvalue weighted by Gasteiger charge is -2.43. The summed E-state index contributed by atoms with van der Waals surface area (Å²) in [6.07, 6.45) is 20.7. The number of amides is 8. The first kappa shape index (κ1) is 97.2. The minimum atomic E-state index is -3.96. The van der Waals surface area contributed by atoms with E-state index in [0.29, 0.717) is 45.5 Å². The van der Waals surface area contributed by atoms with Crippen LogP contribution in [-0.2, 0) is 29.8 Å². The second-order valence-electron chi connectivity index (χ2n) is 26.7. The summed E-state index contributed by atoms with van der Waals surface area (Å²) in [6.45, 7) is 1.74. The number of sulfonamides is 1. The van der Waals surface area contributed by atoms with Gasteiger partial charge in [0.15, 0.2) is 5.78 Å². The Morgan fingerprint density at radius 3 is 0.846 bits per heavy atom. The lowest BCUT2D eigenvalue weighted by Crippen LogP contribution is -2.63. The number of ketones is 1. The number of hydrogen-bond donors (Lipinski definition) is 2. The first-order valence-corrected chi connectivity index (χ1v) is 42.0. The largest absolute Gasteiger partial charge is 0.480 e. The van der Waals surface area contributed by atoms with Gasteiger partial charge in [0.2, 0.25) is 10.0 Å². The normalized spacial score (nSPS) is 12.4. The van der Waals surface area contributed by atoms with Crippen molar-refractivity contribution in [1.82, 2.24) is 28.2 Å². The van der Waals surface area contributed by atoms with Crippen molar-refractivity contribution in [2.24, 2.45) is 5.14 Å². The SMILES string of the molecule is C#C.C#CC#CC#CC#CC#CC#CC#CC#CC#CC#CC#CC#CC#CC#CC#CC#CC.CN(C)S(=O)(=O)CC(=O)[C@@H]1CN(C(=O)N(c2ccccc2)c2ccccc2)CCN1C(=O)N1c2ccccc2C=Cc2ccccc21.CN(C)S(N)(=O)=O.O=C(O)[C@@H]1CN(C(=O)N(c2ccccc2)c2ccccc2)CCN1C(=O)N1c2ccccc2C=Cc2ccccc21. The number of carbonyl (C=O) groups excluding carboxylic acids is 5. The third-order valence-corrected chi connectivity index (χ3v) is 21.0. The fourth-order valence-corrected chi connectivity index (χ4v) is 13.0. The number of terminal acetylenes is 2. The quantitative estimate of drug-likeness (QED) is 0.122. The van der Waals surface area contributed by atoms with Gasteiger partial charge < -0.3 is 24.7 Å². The van der Waals surface area contributed by atoms with Crippen LogP contribution in [0.3, 0.4) is 0 Å². The molecule has 0 radical (unpaired) electrons. The Morgan fingerprint density at radius 1 is 0.362 bits per heavy atom. The molecule has 2 atom stereocenters. The number of fused-ring (bicyclic) bond motifs is 4. The molecule has 8 aromatic rings. The van der Waals surface area contributed by atoms with Gasteiger partial charge in [0, 0.05) is 137 Å². The van der Waals surface area contributed by atoms with Crippen molar-refractivity contribution in [3.8, 4) is 203 Å². The van der Waals surface area contributed by atoms with E-state index in [4.69, 9.17) is 6.42 Å². The van der Waals surface area contributed by atoms with Gasteiger partial charge in [-0.2, -0.15) is 12.7 Å². The highest BCUT2D eigenvalue weighted by Crippen LogP contribution is 2.41. The zero-order valence-electron chi connectivity index (χ0n) is 70.8. The Labute approximate surface area is 760 Å². The number of anilines is 8. The number of piperazine rings is 2. The van der Waals surface area contributed by atoms with Crippen molar-refractivity contribution >= 4 is 126 Å². The molecule has 2 fully saturated rings. The number of carboxylic acid groups (broad SMARTS) is 1. The lowest BCUT2D eigenvalue weighted by molar-refractivity contribution is -0.143. The molecule has 130 heavy (non-hydrogen) atoms. The van der Waals surface area contributed by atoms with Gasteiger partial charge in [0.05, 0.1) is 58.6 Å². The summed E-state index contributed by atoms with van der Waals surface area (Å²) >= 11 is 0. The number of nitrogens with two attached hydrogens (primary N) is 1. The topological polar surface area (TPSA) is 249 Å². The zero-order valence-corrected chi connectivity index (χ0v) is 72.5. The summed E-state index contributed by atoms with van der Waals surface area (Å²) in [7, 11) is -1.90. The molecule has 22 nitrogen and oxygen atoms in total. The molecule has 0 spiro atoms. The average molecular weight is 1740 g/mol. The summed E-state index contributed by atoms with van der Waals surface area (Å²) in [5.74, 6) is 74.2. The number of Topliss-reactive ketones (excluding diaryl/α,β-unsaturated/α-hetero) is 1. The second-order valence-corrected chi connectivity index (χ2v) is 30.7. The van der Waals surface area contributed by atoms with Crippen LogP contribution in [-0.4, -0.2) is 171 Å². The van der Waals surface area contributed by atoms with E-state index in [-0.39, 0.29) is 45.3 Å². The van der Waals surface area contributed by atoms with E-state index in [0.717, 1.165) is 30.9 Å². The number of rotatable bonds is 10. The molecule has 4 aliphatic heterocycles. The van der Waals surface area contributed by atoms with Gasteiger partial charge >= 0.3 is 30.1 Å². The molecule has 0 aliphatic carbocycles. The predicted octanol–water partition coefficient (Wildman–Crippen LogP) is 12.0. The van der Waals surface area contributed by atoms with E-state index < -0.39 is 67.9 Å². The minimum Gasteiger partial charge on any atom is -0.480 e. The van der Waals surface area contributed by atoms with Crippen molar-refractivity contribution in [2.45, 2.75) is 19.0 Å². The number of aliphatic carboxylic acids is 1. The van der Waals surface area contributed by atoms with Crippen LogP contribution < -0.4 is 24.7 Å². The van der Waals surface area contributed by atoms with Gasteiger partial charge in [-0.05, 0) is 197 Å². The number of urea groups is 4. The Kier molecular flexibility index (Phi) is 38.1. The Balaban J connectivity index is 0.000000233. The van der Waals surface area contributed by atoms with E-state index in [1.807, 2.05) is 243 Å². The van der Waals surface area contributed by atoms with E-state index >= 15 is 0 Å². The van der Waals surface area contributed by atoms with Crippen LogP contribution in [0.25, 0.3) is 24.3 Å². The van der Waals surface area contributed by atoms with Crippen LogP contribution in [0.1, 0.15) is 29.2 Å². The van der Waals surface area contributed by atoms with Gasteiger partial charge in [-0.15, -0.1) is 19.3 Å². The Hall–Kier alpha value is -18.2. The maximum atomic E-state index is 14.7. The van der Waals surface area contributed by atoms with Crippen LogP contribution in [0.2, 0.25) is 0 Å². The highest BCUT2D eigenvalue weighted by atomic mass is 32.2. The highest BCUT2D eigenvalue weighted by Gasteiger charge is 2.44. The van der Waals surface area contributed by atoms with Gasteiger partial charge in [0.25, 0.3) is 10.2 Å². The summed E-state index contributed by atoms with van der Waals surface area (Å²) in [5.41, 5.74) is 8.50. The fourth-order valence-electron chi connectivity index (χ4n) is 12.2. The van der Waals surface area contributed by atoms with Crippen LogP contribution in [0.4, 0.5) is 64.7 Å². The van der Waals surface area contributed by atoms with Crippen LogP contribution in [0.15, 0.2) is 218 Å². The highest BCUT2D eigenvalue weighted by molar-refractivity contribution is 7.89. The molecular formula is C106H77N11O11S2. The summed E-state index contributed by atoms with van der Waals surface area (Å²) in [5, 5.41) is 14.9. The van der Waals surface area contributed by atoms with Gasteiger partial charge in [0.1, 0.15) is 17.8 Å². The lowest BCUT2D eigenvalue weighted by atomic mass is 10.1. The number of nitrogens with zero attached hydrogens (tertiary/aromatic N) is 10. The molecule has 8 amide bonds. The Morgan fingerprint density at radius 2 is 0.600 bits per heavy atom. The molecule has 3 N–H and O–H groups in total. The van der Waals surface area contributed by atoms with Gasteiger partial charge in [-0.1, -0.05) is 176 Å². The molecule has 4 heterocycles. The molecule has 0 unspecified atom stereocenters. The number of para-hydroxylation sites is 8. The van der Waals surface area contributed by atoms with Crippen molar-refractivity contribution in [1.29, 1.82) is 0 Å². The smallest absolute Gasteiger partial charge is 0.330 e. The predicted molar refractivity (Wildman–Crippen MR) is 512 cm³/mol. The first-order valence-electron chi connectivity index (χ1n) is 38.9. The fraction of sp³-hybridized carbons (Fsp3) is 0.132. The maximum absolute atomic E-state index is 14.7. The van der Waals surface area contributed by atoms with Crippen molar-refractivity contribution in [3.05, 3.63) is 241 Å². The Bertz CT molecular complexity index is 6870. The number of carbonyl (C=O) groups is 6. The van der Waals surface area contributed by atoms with Crippen molar-refractivity contribution < 1.29 is 50.7 Å². The molecule has 0 aromatic heterocycles.